The van der Waals surface area contributed by atoms with E-state index in [0.29, 0.717) is 28.4 Å². The van der Waals surface area contributed by atoms with Crippen molar-refractivity contribution in [2.45, 2.75) is 32.8 Å². The smallest absolute Gasteiger partial charge is 0.334 e. The minimum atomic E-state index is -1.11. The van der Waals surface area contributed by atoms with Crippen molar-refractivity contribution in [3.8, 4) is 5.88 Å². The van der Waals surface area contributed by atoms with Crippen molar-refractivity contribution in [3.63, 3.8) is 0 Å². The number of rotatable bonds is 5. The normalized spacial score (nSPS) is 14.8. The Labute approximate surface area is 180 Å². The summed E-state index contributed by atoms with van der Waals surface area (Å²) in [5.74, 6) is -1.56. The molecule has 0 amide bonds. The summed E-state index contributed by atoms with van der Waals surface area (Å²) < 4.78 is 5.80. The predicted molar refractivity (Wildman–Crippen MR) is 113 cm³/mol. The standard InChI is InChI=1S/C19H19N3O5.2ClH/c1-10(2)27-18-17-14(7-8-20-18)21-11(3)15(19(23)24)16(17)12-5-4-6-13(9-12)22(25)26;;/h4-10,16,21H,1-3H3,(H,23,24);2*1H. The van der Waals surface area contributed by atoms with E-state index in [-0.39, 0.29) is 42.2 Å². The van der Waals surface area contributed by atoms with E-state index in [1.807, 2.05) is 13.8 Å². The molecule has 2 heterocycles. The number of hydrogen-bond donors (Lipinski definition) is 2. The van der Waals surface area contributed by atoms with Crippen LogP contribution < -0.4 is 10.1 Å². The Bertz CT molecular complexity index is 963. The van der Waals surface area contributed by atoms with Gasteiger partial charge >= 0.3 is 5.97 Å². The summed E-state index contributed by atoms with van der Waals surface area (Å²) in [5, 5.41) is 24.1. The number of halogens is 2. The van der Waals surface area contributed by atoms with E-state index in [1.165, 1.54) is 12.1 Å². The molecule has 0 aliphatic carbocycles. The van der Waals surface area contributed by atoms with Gasteiger partial charge in [-0.15, -0.1) is 24.8 Å². The summed E-state index contributed by atoms with van der Waals surface area (Å²) in [4.78, 5) is 27.0. The second-order valence-electron chi connectivity index (χ2n) is 6.50. The van der Waals surface area contributed by atoms with E-state index < -0.39 is 16.8 Å². The molecule has 1 aliphatic rings. The van der Waals surface area contributed by atoms with Gasteiger partial charge in [0.2, 0.25) is 5.88 Å². The molecule has 29 heavy (non-hydrogen) atoms. The number of aromatic nitrogens is 1. The summed E-state index contributed by atoms with van der Waals surface area (Å²) in [6.07, 6.45) is 1.41. The Kier molecular flexibility index (Phi) is 7.99. The third-order valence-corrected chi connectivity index (χ3v) is 4.25. The molecular formula is C19H21Cl2N3O5. The molecule has 0 fully saturated rings. The van der Waals surface area contributed by atoms with Crippen molar-refractivity contribution in [3.05, 3.63) is 69.0 Å². The fraction of sp³-hybridized carbons (Fsp3) is 0.263. The highest BCUT2D eigenvalue weighted by Gasteiger charge is 2.36. The minimum absolute atomic E-state index is 0. The van der Waals surface area contributed by atoms with Crippen LogP contribution in [0.1, 0.15) is 37.8 Å². The van der Waals surface area contributed by atoms with Crippen molar-refractivity contribution in [2.75, 3.05) is 5.32 Å². The first-order valence-electron chi connectivity index (χ1n) is 8.40. The highest BCUT2D eigenvalue weighted by atomic mass is 35.5. The molecular weight excluding hydrogens is 421 g/mol. The zero-order chi connectivity index (χ0) is 19.7. The number of allylic oxidation sites excluding steroid dienone is 1. The van der Waals surface area contributed by atoms with E-state index in [9.17, 15) is 20.0 Å². The number of benzene rings is 1. The first kappa shape index (κ1) is 24.2. The van der Waals surface area contributed by atoms with Crippen LogP contribution in [0.2, 0.25) is 0 Å². The molecule has 3 rings (SSSR count). The number of nitro groups is 1. The van der Waals surface area contributed by atoms with Gasteiger partial charge in [-0.2, -0.15) is 0 Å². The summed E-state index contributed by atoms with van der Waals surface area (Å²) in [6.45, 7) is 5.36. The van der Waals surface area contributed by atoms with Crippen LogP contribution >= 0.6 is 24.8 Å². The lowest BCUT2D eigenvalue weighted by Gasteiger charge is -2.30. The van der Waals surface area contributed by atoms with Crippen molar-refractivity contribution in [1.82, 2.24) is 4.98 Å². The zero-order valence-electron chi connectivity index (χ0n) is 15.9. The van der Waals surface area contributed by atoms with Gasteiger partial charge in [0.15, 0.2) is 0 Å². The summed E-state index contributed by atoms with van der Waals surface area (Å²) in [7, 11) is 0. The maximum absolute atomic E-state index is 12.0. The molecule has 1 unspecified atom stereocenters. The average molecular weight is 442 g/mol. The van der Waals surface area contributed by atoms with E-state index in [4.69, 9.17) is 4.74 Å². The van der Waals surface area contributed by atoms with Crippen molar-refractivity contribution in [1.29, 1.82) is 0 Å². The van der Waals surface area contributed by atoms with Crippen LogP contribution in [0.5, 0.6) is 5.88 Å². The van der Waals surface area contributed by atoms with Gasteiger partial charge in [0, 0.05) is 35.3 Å². The molecule has 0 saturated carbocycles. The SMILES string of the molecule is CC1=C(C(=O)O)C(c2cccc([N+](=O)[O-])c2)c2c(ccnc2OC(C)C)N1.Cl.Cl. The van der Waals surface area contributed by atoms with Gasteiger partial charge < -0.3 is 15.2 Å². The molecule has 1 atom stereocenters. The number of hydrogen-bond acceptors (Lipinski definition) is 6. The van der Waals surface area contributed by atoms with E-state index in [2.05, 4.69) is 10.3 Å². The van der Waals surface area contributed by atoms with E-state index in [1.54, 1.807) is 31.3 Å². The summed E-state index contributed by atoms with van der Waals surface area (Å²) in [5.41, 5.74) is 2.17. The second-order valence-corrected chi connectivity index (χ2v) is 6.50. The van der Waals surface area contributed by atoms with Gasteiger partial charge in [0.1, 0.15) is 0 Å². The fourth-order valence-electron chi connectivity index (χ4n) is 3.22. The molecule has 156 valence electrons. The number of nitrogens with zero attached hydrogens (tertiary/aromatic N) is 2. The van der Waals surface area contributed by atoms with Gasteiger partial charge in [-0.25, -0.2) is 9.78 Å². The number of non-ortho nitro benzene ring substituents is 1. The lowest BCUT2D eigenvalue weighted by molar-refractivity contribution is -0.384. The molecule has 0 saturated heterocycles. The number of aliphatic carboxylic acids is 1. The number of carbonyl (C=O) groups is 1. The van der Waals surface area contributed by atoms with Crippen LogP contribution in [0, 0.1) is 10.1 Å². The number of nitro benzene ring substituents is 1. The topological polar surface area (TPSA) is 115 Å². The monoisotopic (exact) mass is 441 g/mol. The van der Waals surface area contributed by atoms with Crippen LogP contribution in [-0.2, 0) is 4.79 Å². The molecule has 1 aromatic heterocycles. The summed E-state index contributed by atoms with van der Waals surface area (Å²) >= 11 is 0. The molecule has 0 spiro atoms. The maximum atomic E-state index is 12.0. The van der Waals surface area contributed by atoms with Crippen LogP contribution in [-0.4, -0.2) is 27.1 Å². The van der Waals surface area contributed by atoms with Crippen molar-refractivity contribution < 1.29 is 19.6 Å². The number of ether oxygens (including phenoxy) is 1. The van der Waals surface area contributed by atoms with Crippen molar-refractivity contribution >= 4 is 42.2 Å². The predicted octanol–water partition coefficient (Wildman–Crippen LogP) is 4.54. The number of anilines is 1. The van der Waals surface area contributed by atoms with Crippen LogP contribution in [0.3, 0.4) is 0 Å². The molecule has 1 aliphatic heterocycles. The molecule has 2 aromatic rings. The molecule has 2 N–H and O–H groups in total. The third kappa shape index (κ3) is 4.78. The lowest BCUT2D eigenvalue weighted by Crippen LogP contribution is -2.24. The quantitative estimate of drug-likeness (QED) is 0.516. The van der Waals surface area contributed by atoms with Crippen molar-refractivity contribution in [2.24, 2.45) is 0 Å². The van der Waals surface area contributed by atoms with Gasteiger partial charge in [0.25, 0.3) is 5.69 Å². The Morgan fingerprint density at radius 2 is 2.00 bits per heavy atom. The van der Waals surface area contributed by atoms with Crippen LogP contribution in [0.15, 0.2) is 47.8 Å². The Hall–Kier alpha value is -2.84. The molecule has 0 radical (unpaired) electrons. The zero-order valence-corrected chi connectivity index (χ0v) is 17.5. The first-order chi connectivity index (χ1) is 12.8. The van der Waals surface area contributed by atoms with Crippen LogP contribution in [0.25, 0.3) is 0 Å². The van der Waals surface area contributed by atoms with Crippen LogP contribution in [0.4, 0.5) is 11.4 Å². The number of pyridine rings is 1. The van der Waals surface area contributed by atoms with Gasteiger partial charge in [0.05, 0.1) is 22.5 Å². The largest absolute Gasteiger partial charge is 0.478 e. The Balaban J connectivity index is 0.00000210. The van der Waals surface area contributed by atoms with E-state index >= 15 is 0 Å². The number of carboxylic acid groups (broad SMARTS) is 1. The summed E-state index contributed by atoms with van der Waals surface area (Å²) in [6, 6.07) is 7.72. The third-order valence-electron chi connectivity index (χ3n) is 4.25. The van der Waals surface area contributed by atoms with Gasteiger partial charge in [-0.05, 0) is 32.4 Å². The second kappa shape index (κ2) is 9.58. The fourth-order valence-corrected chi connectivity index (χ4v) is 3.22. The highest BCUT2D eigenvalue weighted by molar-refractivity contribution is 5.93. The molecule has 10 heteroatoms. The van der Waals surface area contributed by atoms with E-state index in [0.717, 1.165) is 0 Å². The Morgan fingerprint density at radius 3 is 2.59 bits per heavy atom. The van der Waals surface area contributed by atoms with Gasteiger partial charge in [-0.3, -0.25) is 10.1 Å². The number of nitrogens with one attached hydrogen (secondary N) is 1. The molecule has 8 nitrogen and oxygen atoms in total. The first-order valence-corrected chi connectivity index (χ1v) is 8.40. The Morgan fingerprint density at radius 1 is 1.31 bits per heavy atom. The average Bonchev–Trinajstić information content (AvgIpc) is 2.60. The minimum Gasteiger partial charge on any atom is -0.478 e. The number of fused-ring (bicyclic) bond motifs is 1. The highest BCUT2D eigenvalue weighted by Crippen LogP contribution is 2.46. The lowest BCUT2D eigenvalue weighted by atomic mass is 9.81. The number of carboxylic acids is 1. The van der Waals surface area contributed by atoms with Gasteiger partial charge in [-0.1, -0.05) is 12.1 Å². The maximum Gasteiger partial charge on any atom is 0.334 e. The molecule has 0 bridgehead atoms. The molecule has 1 aromatic carbocycles.